The van der Waals surface area contributed by atoms with Crippen molar-refractivity contribution >= 4 is 32.9 Å². The lowest BCUT2D eigenvalue weighted by Crippen LogP contribution is -2.01. The molecule has 2 N–H and O–H groups in total. The molecule has 0 spiro atoms. The van der Waals surface area contributed by atoms with Gasteiger partial charge in [-0.1, -0.05) is 18.2 Å². The number of benzene rings is 2. The highest BCUT2D eigenvalue weighted by Crippen LogP contribution is 2.28. The van der Waals surface area contributed by atoms with Crippen LogP contribution >= 0.6 is 15.9 Å². The number of nitrogens with zero attached hydrogens (tertiary/aromatic N) is 2. The molecule has 3 aromatic rings. The van der Waals surface area contributed by atoms with Crippen LogP contribution in [-0.2, 0) is 0 Å². The van der Waals surface area contributed by atoms with Gasteiger partial charge in [0, 0.05) is 4.47 Å². The molecule has 3 nitrogen and oxygen atoms in total. The molecular weight excluding hydrogens is 290 g/mol. The maximum atomic E-state index is 6.04. The van der Waals surface area contributed by atoms with Crippen molar-refractivity contribution in [2.24, 2.45) is 0 Å². The van der Waals surface area contributed by atoms with E-state index in [0.29, 0.717) is 5.95 Å². The summed E-state index contributed by atoms with van der Waals surface area (Å²) < 4.78 is 2.96. The maximum absolute atomic E-state index is 6.04. The van der Waals surface area contributed by atoms with E-state index < -0.39 is 0 Å². The number of imidazole rings is 1. The Morgan fingerprint density at radius 3 is 2.72 bits per heavy atom. The van der Waals surface area contributed by atoms with Crippen LogP contribution in [0, 0.1) is 6.92 Å². The van der Waals surface area contributed by atoms with E-state index in [1.54, 1.807) is 0 Å². The largest absolute Gasteiger partial charge is 0.369 e. The zero-order chi connectivity index (χ0) is 12.7. The second-order valence-electron chi connectivity index (χ2n) is 4.25. The van der Waals surface area contributed by atoms with Crippen molar-refractivity contribution in [1.29, 1.82) is 0 Å². The molecule has 0 aliphatic rings. The van der Waals surface area contributed by atoms with Crippen molar-refractivity contribution < 1.29 is 0 Å². The number of aryl methyl sites for hydroxylation is 1. The Morgan fingerprint density at radius 1 is 1.17 bits per heavy atom. The smallest absolute Gasteiger partial charge is 0.205 e. The van der Waals surface area contributed by atoms with E-state index in [1.807, 2.05) is 41.0 Å². The highest BCUT2D eigenvalue weighted by molar-refractivity contribution is 9.10. The summed E-state index contributed by atoms with van der Waals surface area (Å²) in [6, 6.07) is 14.1. The molecule has 0 saturated heterocycles. The predicted molar refractivity (Wildman–Crippen MR) is 77.9 cm³/mol. The van der Waals surface area contributed by atoms with Crippen molar-refractivity contribution in [3.8, 4) is 5.69 Å². The molecule has 0 bridgehead atoms. The van der Waals surface area contributed by atoms with Gasteiger partial charge >= 0.3 is 0 Å². The van der Waals surface area contributed by atoms with E-state index in [0.717, 1.165) is 21.2 Å². The van der Waals surface area contributed by atoms with Gasteiger partial charge in [0.25, 0.3) is 0 Å². The molecule has 0 radical (unpaired) electrons. The van der Waals surface area contributed by atoms with E-state index in [-0.39, 0.29) is 0 Å². The van der Waals surface area contributed by atoms with Crippen molar-refractivity contribution in [3.63, 3.8) is 0 Å². The molecule has 0 unspecified atom stereocenters. The summed E-state index contributed by atoms with van der Waals surface area (Å²) in [6.07, 6.45) is 0. The van der Waals surface area contributed by atoms with Gasteiger partial charge < -0.3 is 5.73 Å². The second-order valence-corrected chi connectivity index (χ2v) is 5.10. The number of hydrogen-bond donors (Lipinski definition) is 1. The van der Waals surface area contributed by atoms with Gasteiger partial charge in [0.05, 0.1) is 16.7 Å². The topological polar surface area (TPSA) is 43.8 Å². The highest BCUT2D eigenvalue weighted by atomic mass is 79.9. The van der Waals surface area contributed by atoms with E-state index in [1.165, 1.54) is 5.56 Å². The summed E-state index contributed by atoms with van der Waals surface area (Å²) >= 11 is 3.55. The molecule has 0 saturated carbocycles. The molecule has 18 heavy (non-hydrogen) atoms. The number of halogens is 1. The number of aromatic nitrogens is 2. The zero-order valence-corrected chi connectivity index (χ0v) is 11.5. The maximum Gasteiger partial charge on any atom is 0.205 e. The standard InChI is InChI=1S/C14H12BrN3/c1-9-6-7-11-13(8-9)18(14(16)17-11)12-5-3-2-4-10(12)15/h2-8H,1H3,(H2,16,17). The minimum Gasteiger partial charge on any atom is -0.369 e. The van der Waals surface area contributed by atoms with Gasteiger partial charge in [0.1, 0.15) is 0 Å². The molecule has 4 heteroatoms. The van der Waals surface area contributed by atoms with Gasteiger partial charge in [0.15, 0.2) is 0 Å². The Bertz CT molecular complexity index is 731. The third-order valence-electron chi connectivity index (χ3n) is 2.93. The molecule has 0 fully saturated rings. The van der Waals surface area contributed by atoms with Gasteiger partial charge in [-0.25, -0.2) is 4.98 Å². The third-order valence-corrected chi connectivity index (χ3v) is 3.60. The normalized spacial score (nSPS) is 11.0. The highest BCUT2D eigenvalue weighted by Gasteiger charge is 2.11. The predicted octanol–water partition coefficient (Wildman–Crippen LogP) is 3.68. The lowest BCUT2D eigenvalue weighted by atomic mass is 10.2. The number of fused-ring (bicyclic) bond motifs is 1. The lowest BCUT2D eigenvalue weighted by Gasteiger charge is -2.08. The van der Waals surface area contributed by atoms with E-state index in [4.69, 9.17) is 5.73 Å². The molecule has 3 rings (SSSR count). The van der Waals surface area contributed by atoms with Crippen LogP contribution in [0.25, 0.3) is 16.7 Å². The first-order valence-electron chi connectivity index (χ1n) is 5.66. The summed E-state index contributed by atoms with van der Waals surface area (Å²) in [7, 11) is 0. The van der Waals surface area contributed by atoms with E-state index in [2.05, 4.69) is 33.9 Å². The molecule has 1 aromatic heterocycles. The summed E-state index contributed by atoms with van der Waals surface area (Å²) in [5.74, 6) is 0.502. The first-order valence-corrected chi connectivity index (χ1v) is 6.45. The monoisotopic (exact) mass is 301 g/mol. The van der Waals surface area contributed by atoms with Gasteiger partial charge in [-0.05, 0) is 52.7 Å². The molecule has 0 aliphatic heterocycles. The number of anilines is 1. The fraction of sp³-hybridized carbons (Fsp3) is 0.0714. The van der Waals surface area contributed by atoms with Crippen LogP contribution in [0.2, 0.25) is 0 Å². The zero-order valence-electron chi connectivity index (χ0n) is 9.89. The number of nitrogens with two attached hydrogens (primary N) is 1. The van der Waals surface area contributed by atoms with Crippen molar-refractivity contribution in [2.45, 2.75) is 6.92 Å². The summed E-state index contributed by atoms with van der Waals surface area (Å²) in [5.41, 5.74) is 10.2. The van der Waals surface area contributed by atoms with Gasteiger partial charge in [-0.15, -0.1) is 0 Å². The first kappa shape index (κ1) is 11.3. The quantitative estimate of drug-likeness (QED) is 0.745. The molecule has 2 aromatic carbocycles. The Morgan fingerprint density at radius 2 is 1.94 bits per heavy atom. The number of nitrogen functional groups attached to an aromatic ring is 1. The van der Waals surface area contributed by atoms with E-state index >= 15 is 0 Å². The van der Waals surface area contributed by atoms with Gasteiger partial charge in [0.2, 0.25) is 5.95 Å². The molecular formula is C14H12BrN3. The van der Waals surface area contributed by atoms with Crippen LogP contribution in [0.5, 0.6) is 0 Å². The number of para-hydroxylation sites is 1. The molecule has 0 atom stereocenters. The number of hydrogen-bond acceptors (Lipinski definition) is 2. The number of rotatable bonds is 1. The molecule has 1 heterocycles. The Labute approximate surface area is 113 Å². The Kier molecular flexibility index (Phi) is 2.59. The average molecular weight is 302 g/mol. The minimum atomic E-state index is 0.502. The summed E-state index contributed by atoms with van der Waals surface area (Å²) in [4.78, 5) is 4.39. The minimum absolute atomic E-state index is 0.502. The van der Waals surface area contributed by atoms with Gasteiger partial charge in [-0.3, -0.25) is 4.57 Å². The second kappa shape index (κ2) is 4.14. The van der Waals surface area contributed by atoms with Crippen LogP contribution in [0.4, 0.5) is 5.95 Å². The fourth-order valence-electron chi connectivity index (χ4n) is 2.09. The SMILES string of the molecule is Cc1ccc2nc(N)n(-c3ccccc3Br)c2c1. The fourth-order valence-corrected chi connectivity index (χ4v) is 2.55. The Hall–Kier alpha value is -1.81. The van der Waals surface area contributed by atoms with Crippen LogP contribution in [0.1, 0.15) is 5.56 Å². The van der Waals surface area contributed by atoms with Crippen molar-refractivity contribution in [1.82, 2.24) is 9.55 Å². The van der Waals surface area contributed by atoms with Crippen LogP contribution in [0.15, 0.2) is 46.9 Å². The van der Waals surface area contributed by atoms with Crippen LogP contribution < -0.4 is 5.73 Å². The average Bonchev–Trinajstić information content (AvgIpc) is 2.66. The third kappa shape index (κ3) is 1.69. The molecule has 0 amide bonds. The van der Waals surface area contributed by atoms with Crippen LogP contribution in [0.3, 0.4) is 0 Å². The first-order chi connectivity index (χ1) is 8.66. The lowest BCUT2D eigenvalue weighted by molar-refractivity contribution is 1.10. The van der Waals surface area contributed by atoms with Crippen molar-refractivity contribution in [2.75, 3.05) is 5.73 Å². The Balaban J connectivity index is 2.38. The molecule has 0 aliphatic carbocycles. The van der Waals surface area contributed by atoms with Gasteiger partial charge in [-0.2, -0.15) is 0 Å². The van der Waals surface area contributed by atoms with Crippen molar-refractivity contribution in [3.05, 3.63) is 52.5 Å². The molecule has 90 valence electrons. The van der Waals surface area contributed by atoms with E-state index in [9.17, 15) is 0 Å². The summed E-state index contributed by atoms with van der Waals surface area (Å²) in [5, 5.41) is 0. The summed E-state index contributed by atoms with van der Waals surface area (Å²) in [6.45, 7) is 2.06. The van der Waals surface area contributed by atoms with Crippen LogP contribution in [-0.4, -0.2) is 9.55 Å².